The molecule has 5 nitrogen and oxygen atoms in total. The van der Waals surface area contributed by atoms with Gasteiger partial charge in [0.1, 0.15) is 6.26 Å². The molecule has 0 saturated carbocycles. The van der Waals surface area contributed by atoms with Gasteiger partial charge in [0.05, 0.1) is 17.5 Å². The summed E-state index contributed by atoms with van der Waals surface area (Å²) in [7, 11) is 2.03. The van der Waals surface area contributed by atoms with Gasteiger partial charge in [-0.1, -0.05) is 0 Å². The molecule has 0 radical (unpaired) electrons. The van der Waals surface area contributed by atoms with E-state index in [2.05, 4.69) is 34.8 Å². The molecule has 6 heteroatoms. The van der Waals surface area contributed by atoms with E-state index in [-0.39, 0.29) is 5.91 Å². The maximum Gasteiger partial charge on any atom is 0.260 e. The number of nitrogens with one attached hydrogen (secondary N) is 1. The molecule has 1 amide bonds. The van der Waals surface area contributed by atoms with Crippen molar-refractivity contribution in [2.75, 3.05) is 5.32 Å². The molecule has 0 atom stereocenters. The first-order valence-corrected chi connectivity index (χ1v) is 7.36. The Hall–Kier alpha value is -2.34. The van der Waals surface area contributed by atoms with Crippen LogP contribution in [0.15, 0.2) is 34.5 Å². The highest BCUT2D eigenvalue weighted by molar-refractivity contribution is 7.14. The summed E-state index contributed by atoms with van der Waals surface area (Å²) in [5, 5.41) is 5.31. The van der Waals surface area contributed by atoms with Crippen molar-refractivity contribution in [1.82, 2.24) is 9.55 Å². The fourth-order valence-corrected chi connectivity index (χ4v) is 2.84. The van der Waals surface area contributed by atoms with Gasteiger partial charge in [-0.15, -0.1) is 11.3 Å². The SMILES string of the molecule is Cc1cc(-c2csc(NC(=O)c3ccoc3)n2)c(C)n1C. The molecule has 0 saturated heterocycles. The van der Waals surface area contributed by atoms with E-state index in [9.17, 15) is 4.79 Å². The zero-order valence-corrected chi connectivity index (χ0v) is 12.8. The average Bonchev–Trinajstić information content (AvgIpc) is 3.17. The summed E-state index contributed by atoms with van der Waals surface area (Å²) in [6.07, 6.45) is 2.88. The van der Waals surface area contributed by atoms with Gasteiger partial charge >= 0.3 is 0 Å². The molecular weight excluding hydrogens is 286 g/mol. The van der Waals surface area contributed by atoms with Gasteiger partial charge in [0, 0.05) is 29.4 Å². The zero-order chi connectivity index (χ0) is 15.0. The van der Waals surface area contributed by atoms with Crippen LogP contribution in [0.1, 0.15) is 21.7 Å². The molecule has 0 bridgehead atoms. The van der Waals surface area contributed by atoms with Crippen molar-refractivity contribution in [1.29, 1.82) is 0 Å². The lowest BCUT2D eigenvalue weighted by atomic mass is 10.2. The van der Waals surface area contributed by atoms with Crippen LogP contribution in [-0.2, 0) is 7.05 Å². The summed E-state index contributed by atoms with van der Waals surface area (Å²) < 4.78 is 7.02. The molecule has 1 N–H and O–H groups in total. The van der Waals surface area contributed by atoms with Crippen molar-refractivity contribution in [3.63, 3.8) is 0 Å². The Morgan fingerprint density at radius 3 is 2.86 bits per heavy atom. The van der Waals surface area contributed by atoms with Crippen molar-refractivity contribution in [2.24, 2.45) is 7.05 Å². The van der Waals surface area contributed by atoms with E-state index >= 15 is 0 Å². The van der Waals surface area contributed by atoms with Gasteiger partial charge in [-0.05, 0) is 26.0 Å². The van der Waals surface area contributed by atoms with Crippen LogP contribution >= 0.6 is 11.3 Å². The van der Waals surface area contributed by atoms with Crippen LogP contribution in [0.25, 0.3) is 11.3 Å². The second-order valence-corrected chi connectivity index (χ2v) is 5.71. The van der Waals surface area contributed by atoms with Crippen LogP contribution in [-0.4, -0.2) is 15.5 Å². The van der Waals surface area contributed by atoms with Gasteiger partial charge in [-0.2, -0.15) is 0 Å². The lowest BCUT2D eigenvalue weighted by Gasteiger charge is -2.00. The van der Waals surface area contributed by atoms with E-state index in [1.165, 1.54) is 29.6 Å². The Bertz CT molecular complexity index is 784. The number of aromatic nitrogens is 2. The van der Waals surface area contributed by atoms with E-state index in [4.69, 9.17) is 4.42 Å². The van der Waals surface area contributed by atoms with Gasteiger partial charge in [-0.3, -0.25) is 10.1 Å². The van der Waals surface area contributed by atoms with E-state index in [0.717, 1.165) is 17.0 Å². The third kappa shape index (κ3) is 2.50. The minimum Gasteiger partial charge on any atom is -0.472 e. The van der Waals surface area contributed by atoms with Crippen LogP contribution in [0.4, 0.5) is 5.13 Å². The van der Waals surface area contributed by atoms with Crippen molar-refractivity contribution < 1.29 is 9.21 Å². The van der Waals surface area contributed by atoms with Gasteiger partial charge in [0.25, 0.3) is 5.91 Å². The number of hydrogen-bond donors (Lipinski definition) is 1. The first-order chi connectivity index (χ1) is 10.1. The molecule has 3 aromatic heterocycles. The van der Waals surface area contributed by atoms with Crippen LogP contribution in [0.5, 0.6) is 0 Å². The lowest BCUT2D eigenvalue weighted by Crippen LogP contribution is -2.10. The highest BCUT2D eigenvalue weighted by atomic mass is 32.1. The molecule has 3 rings (SSSR count). The normalized spacial score (nSPS) is 10.8. The molecule has 108 valence electrons. The van der Waals surface area contributed by atoms with Gasteiger partial charge in [0.15, 0.2) is 5.13 Å². The fourth-order valence-electron chi connectivity index (χ4n) is 2.13. The largest absolute Gasteiger partial charge is 0.472 e. The summed E-state index contributed by atoms with van der Waals surface area (Å²) in [6, 6.07) is 3.72. The topological polar surface area (TPSA) is 60.1 Å². The summed E-state index contributed by atoms with van der Waals surface area (Å²) in [6.45, 7) is 4.12. The standard InChI is InChI=1S/C15H15N3O2S/c1-9-6-12(10(2)18(9)3)13-8-21-15(16-13)17-14(19)11-4-5-20-7-11/h4-8H,1-3H3,(H,16,17,19). The number of aryl methyl sites for hydroxylation is 1. The van der Waals surface area contributed by atoms with Crippen LogP contribution < -0.4 is 5.32 Å². The molecule has 0 aliphatic rings. The number of rotatable bonds is 3. The summed E-state index contributed by atoms with van der Waals surface area (Å²) in [4.78, 5) is 16.4. The lowest BCUT2D eigenvalue weighted by molar-refractivity contribution is 0.102. The monoisotopic (exact) mass is 301 g/mol. The molecule has 0 spiro atoms. The third-order valence-electron chi connectivity index (χ3n) is 3.56. The summed E-state index contributed by atoms with van der Waals surface area (Å²) in [5.41, 5.74) is 4.79. The number of carbonyl (C=O) groups is 1. The first-order valence-electron chi connectivity index (χ1n) is 6.48. The van der Waals surface area contributed by atoms with E-state index < -0.39 is 0 Å². The number of amides is 1. The maximum atomic E-state index is 11.9. The third-order valence-corrected chi connectivity index (χ3v) is 4.32. The number of furan rings is 1. The highest BCUT2D eigenvalue weighted by Gasteiger charge is 2.14. The van der Waals surface area contributed by atoms with Crippen LogP contribution in [0.2, 0.25) is 0 Å². The first kappa shape index (κ1) is 13.6. The average molecular weight is 301 g/mol. The Labute approximate surface area is 126 Å². The van der Waals surface area contributed by atoms with Crippen molar-refractivity contribution in [3.05, 3.63) is 47.0 Å². The number of nitrogens with zero attached hydrogens (tertiary/aromatic N) is 2. The molecule has 3 heterocycles. The molecule has 3 aromatic rings. The van der Waals surface area contributed by atoms with Crippen molar-refractivity contribution >= 4 is 22.4 Å². The Morgan fingerprint density at radius 1 is 1.43 bits per heavy atom. The van der Waals surface area contributed by atoms with E-state index in [1.54, 1.807) is 6.07 Å². The van der Waals surface area contributed by atoms with Gasteiger partial charge in [0.2, 0.25) is 0 Å². The quantitative estimate of drug-likeness (QED) is 0.804. The van der Waals surface area contributed by atoms with Crippen molar-refractivity contribution in [3.8, 4) is 11.3 Å². The van der Waals surface area contributed by atoms with E-state index in [1.807, 2.05) is 12.4 Å². The summed E-state index contributed by atoms with van der Waals surface area (Å²) >= 11 is 1.41. The number of carbonyl (C=O) groups excluding carboxylic acids is 1. The minimum atomic E-state index is -0.217. The van der Waals surface area contributed by atoms with Gasteiger partial charge in [-0.25, -0.2) is 4.98 Å². The fraction of sp³-hybridized carbons (Fsp3) is 0.200. The Kier molecular flexibility index (Phi) is 3.39. The zero-order valence-electron chi connectivity index (χ0n) is 12.0. The molecule has 0 aromatic carbocycles. The number of thiazole rings is 1. The predicted molar refractivity (Wildman–Crippen MR) is 82.7 cm³/mol. The summed E-state index contributed by atoms with van der Waals surface area (Å²) in [5.74, 6) is -0.217. The van der Waals surface area contributed by atoms with Crippen LogP contribution in [0, 0.1) is 13.8 Å². The van der Waals surface area contributed by atoms with Crippen LogP contribution in [0.3, 0.4) is 0 Å². The molecule has 0 aliphatic heterocycles. The highest BCUT2D eigenvalue weighted by Crippen LogP contribution is 2.29. The molecule has 0 fully saturated rings. The number of anilines is 1. The Morgan fingerprint density at radius 2 is 2.24 bits per heavy atom. The second-order valence-electron chi connectivity index (χ2n) is 4.85. The van der Waals surface area contributed by atoms with Gasteiger partial charge < -0.3 is 8.98 Å². The second kappa shape index (κ2) is 5.21. The smallest absolute Gasteiger partial charge is 0.260 e. The molecular formula is C15H15N3O2S. The Balaban J connectivity index is 1.83. The number of hydrogen-bond acceptors (Lipinski definition) is 4. The molecule has 0 aliphatic carbocycles. The molecule has 0 unspecified atom stereocenters. The molecule has 21 heavy (non-hydrogen) atoms. The minimum absolute atomic E-state index is 0.217. The van der Waals surface area contributed by atoms with Crippen molar-refractivity contribution in [2.45, 2.75) is 13.8 Å². The van der Waals surface area contributed by atoms with E-state index in [0.29, 0.717) is 10.7 Å². The predicted octanol–water partition coefficient (Wildman–Crippen LogP) is 3.61. The maximum absolute atomic E-state index is 11.9.